The van der Waals surface area contributed by atoms with Crippen molar-refractivity contribution in [3.05, 3.63) is 29.0 Å². The van der Waals surface area contributed by atoms with E-state index < -0.39 is 0 Å². The molecule has 1 aromatic carbocycles. The summed E-state index contributed by atoms with van der Waals surface area (Å²) in [4.78, 5) is 0.938. The highest BCUT2D eigenvalue weighted by Gasteiger charge is 2.05. The van der Waals surface area contributed by atoms with E-state index in [1.54, 1.807) is 17.7 Å². The Morgan fingerprint density at radius 3 is 3.23 bits per heavy atom. The number of rotatable bonds is 0. The Morgan fingerprint density at radius 1 is 1.38 bits per heavy atom. The number of halogens is 1. The summed E-state index contributed by atoms with van der Waals surface area (Å²) >= 11 is 5.08. The lowest BCUT2D eigenvalue weighted by Crippen LogP contribution is -1.75. The molecule has 3 nitrogen and oxygen atoms in total. The van der Waals surface area contributed by atoms with Gasteiger partial charge in [0.1, 0.15) is 6.33 Å². The van der Waals surface area contributed by atoms with Gasteiger partial charge in [-0.25, -0.2) is 0 Å². The van der Waals surface area contributed by atoms with E-state index in [4.69, 9.17) is 0 Å². The van der Waals surface area contributed by atoms with Crippen LogP contribution in [0.3, 0.4) is 0 Å². The minimum absolute atomic E-state index is 0.938. The minimum Gasteiger partial charge on any atom is -0.272 e. The van der Waals surface area contributed by atoms with Crippen LogP contribution in [0.5, 0.6) is 0 Å². The van der Waals surface area contributed by atoms with Gasteiger partial charge in [0, 0.05) is 4.47 Å². The summed E-state index contributed by atoms with van der Waals surface area (Å²) in [6.07, 6.45) is 1.74. The van der Waals surface area contributed by atoms with Gasteiger partial charge in [-0.05, 0) is 18.2 Å². The fourth-order valence-electron chi connectivity index (χ4n) is 1.33. The number of nitrogens with zero attached hydrogens (tertiary/aromatic N) is 3. The summed E-state index contributed by atoms with van der Waals surface area (Å²) in [5, 5.41) is 7.85. The molecule has 0 atom stereocenters. The quantitative estimate of drug-likeness (QED) is 0.617. The van der Waals surface area contributed by atoms with Crippen molar-refractivity contribution < 1.29 is 0 Å². The van der Waals surface area contributed by atoms with E-state index >= 15 is 0 Å². The smallest absolute Gasteiger partial charge is 0.217 e. The number of thiazole rings is 1. The molecule has 0 N–H and O–H groups in total. The fraction of sp³-hybridized carbons (Fsp3) is 0. The van der Waals surface area contributed by atoms with Crippen LogP contribution >= 0.6 is 27.3 Å². The van der Waals surface area contributed by atoms with E-state index in [9.17, 15) is 0 Å². The zero-order valence-electron chi connectivity index (χ0n) is 6.44. The monoisotopic (exact) mass is 253 g/mol. The molecule has 0 radical (unpaired) electrons. The highest BCUT2D eigenvalue weighted by molar-refractivity contribution is 9.10. The summed E-state index contributed by atoms with van der Waals surface area (Å²) in [7, 11) is 0. The molecule has 0 fully saturated rings. The average Bonchev–Trinajstić information content (AvgIpc) is 2.62. The lowest BCUT2D eigenvalue weighted by atomic mass is 10.3. The van der Waals surface area contributed by atoms with Crippen LogP contribution in [0, 0.1) is 0 Å². The minimum atomic E-state index is 0.938. The summed E-state index contributed by atoms with van der Waals surface area (Å²) in [6.45, 7) is 0. The van der Waals surface area contributed by atoms with Gasteiger partial charge in [-0.15, -0.1) is 10.2 Å². The molecule has 0 saturated heterocycles. The second-order valence-electron chi connectivity index (χ2n) is 2.70. The normalized spacial score (nSPS) is 11.5. The molecular formula is C8H4BrN3S. The molecule has 0 aliphatic rings. The van der Waals surface area contributed by atoms with Gasteiger partial charge < -0.3 is 0 Å². The first-order valence-electron chi connectivity index (χ1n) is 3.72. The van der Waals surface area contributed by atoms with Crippen molar-refractivity contribution in [2.75, 3.05) is 0 Å². The van der Waals surface area contributed by atoms with Gasteiger partial charge in [0.2, 0.25) is 4.96 Å². The third-order valence-electron chi connectivity index (χ3n) is 1.90. The first kappa shape index (κ1) is 7.46. The van der Waals surface area contributed by atoms with Gasteiger partial charge >= 0.3 is 0 Å². The van der Waals surface area contributed by atoms with E-state index in [1.165, 1.54) is 4.70 Å². The van der Waals surface area contributed by atoms with Gasteiger partial charge in [0.15, 0.2) is 0 Å². The van der Waals surface area contributed by atoms with Crippen molar-refractivity contribution in [2.45, 2.75) is 0 Å². The molecule has 3 rings (SSSR count). The maximum Gasteiger partial charge on any atom is 0.217 e. The summed E-state index contributed by atoms with van der Waals surface area (Å²) in [5.41, 5.74) is 1.16. The van der Waals surface area contributed by atoms with Crippen LogP contribution in [0.2, 0.25) is 0 Å². The summed E-state index contributed by atoms with van der Waals surface area (Å²) in [5.74, 6) is 0. The number of hydrogen-bond donors (Lipinski definition) is 0. The molecule has 0 aliphatic carbocycles. The zero-order chi connectivity index (χ0) is 8.84. The molecule has 0 bridgehead atoms. The van der Waals surface area contributed by atoms with E-state index in [2.05, 4.69) is 38.3 Å². The molecule has 5 heteroatoms. The van der Waals surface area contributed by atoms with Crippen LogP contribution in [-0.2, 0) is 0 Å². The highest BCUT2D eigenvalue weighted by Crippen LogP contribution is 2.27. The maximum absolute atomic E-state index is 4.00. The van der Waals surface area contributed by atoms with Gasteiger partial charge in [-0.1, -0.05) is 27.3 Å². The van der Waals surface area contributed by atoms with Crippen molar-refractivity contribution in [1.29, 1.82) is 0 Å². The SMILES string of the molecule is Brc1ccc2c(c1)sc1nncn12. The third kappa shape index (κ3) is 1.00. The van der Waals surface area contributed by atoms with Crippen LogP contribution in [0.25, 0.3) is 15.2 Å². The zero-order valence-corrected chi connectivity index (χ0v) is 8.84. The molecule has 0 spiro atoms. The number of hydrogen-bond acceptors (Lipinski definition) is 3. The topological polar surface area (TPSA) is 30.2 Å². The maximum atomic E-state index is 4.00. The van der Waals surface area contributed by atoms with Gasteiger partial charge in [0.25, 0.3) is 0 Å². The second-order valence-corrected chi connectivity index (χ2v) is 4.62. The lowest BCUT2D eigenvalue weighted by molar-refractivity contribution is 1.11. The predicted molar refractivity (Wildman–Crippen MR) is 56.1 cm³/mol. The molecule has 2 aromatic heterocycles. The van der Waals surface area contributed by atoms with Crippen molar-refractivity contribution in [1.82, 2.24) is 14.6 Å². The van der Waals surface area contributed by atoms with Crippen molar-refractivity contribution in [3.63, 3.8) is 0 Å². The molecule has 64 valence electrons. The fourth-order valence-corrected chi connectivity index (χ4v) is 2.82. The van der Waals surface area contributed by atoms with Crippen LogP contribution < -0.4 is 0 Å². The average molecular weight is 254 g/mol. The lowest BCUT2D eigenvalue weighted by Gasteiger charge is -1.90. The Hall–Kier alpha value is -0.940. The number of benzene rings is 1. The van der Waals surface area contributed by atoms with Crippen LogP contribution in [0.4, 0.5) is 0 Å². The Labute approximate surface area is 86.1 Å². The van der Waals surface area contributed by atoms with Crippen molar-refractivity contribution in [3.8, 4) is 0 Å². The number of fused-ring (bicyclic) bond motifs is 3. The number of aromatic nitrogens is 3. The van der Waals surface area contributed by atoms with Crippen molar-refractivity contribution >= 4 is 42.4 Å². The molecule has 2 heterocycles. The molecular weight excluding hydrogens is 250 g/mol. The second kappa shape index (κ2) is 2.52. The van der Waals surface area contributed by atoms with E-state index in [0.717, 1.165) is 15.0 Å². The van der Waals surface area contributed by atoms with Gasteiger partial charge in [0.05, 0.1) is 10.2 Å². The molecule has 0 saturated carbocycles. The van der Waals surface area contributed by atoms with Crippen LogP contribution in [0.1, 0.15) is 0 Å². The van der Waals surface area contributed by atoms with Crippen LogP contribution in [0.15, 0.2) is 29.0 Å². The van der Waals surface area contributed by atoms with E-state index in [0.29, 0.717) is 0 Å². The highest BCUT2D eigenvalue weighted by atomic mass is 79.9. The molecule has 13 heavy (non-hydrogen) atoms. The van der Waals surface area contributed by atoms with Crippen LogP contribution in [-0.4, -0.2) is 14.6 Å². The standard InChI is InChI=1S/C8H4BrN3S/c9-5-1-2-6-7(3-5)13-8-11-10-4-12(6)8/h1-4H. The first-order valence-corrected chi connectivity index (χ1v) is 5.33. The molecule has 0 amide bonds. The molecule has 0 aliphatic heterocycles. The third-order valence-corrected chi connectivity index (χ3v) is 3.40. The Balaban J connectivity index is 2.59. The summed E-state index contributed by atoms with van der Waals surface area (Å²) < 4.78 is 4.31. The van der Waals surface area contributed by atoms with E-state index in [1.807, 2.05) is 10.5 Å². The summed E-state index contributed by atoms with van der Waals surface area (Å²) in [6, 6.07) is 6.18. The van der Waals surface area contributed by atoms with Gasteiger partial charge in [-0.2, -0.15) is 0 Å². The van der Waals surface area contributed by atoms with Crippen molar-refractivity contribution in [2.24, 2.45) is 0 Å². The van der Waals surface area contributed by atoms with E-state index in [-0.39, 0.29) is 0 Å². The first-order chi connectivity index (χ1) is 6.34. The largest absolute Gasteiger partial charge is 0.272 e. The predicted octanol–water partition coefficient (Wildman–Crippen LogP) is 2.71. The Bertz CT molecular complexity index is 583. The molecule has 3 aromatic rings. The Kier molecular flexibility index (Phi) is 1.45. The molecule has 0 unspecified atom stereocenters. The Morgan fingerprint density at radius 2 is 2.31 bits per heavy atom. The van der Waals surface area contributed by atoms with Gasteiger partial charge in [-0.3, -0.25) is 4.40 Å².